The normalized spacial score (nSPS) is 18.8. The van der Waals surface area contributed by atoms with Gasteiger partial charge in [-0.1, -0.05) is 30.3 Å². The Labute approximate surface area is 123 Å². The Kier molecular flexibility index (Phi) is 3.78. The molecule has 0 bridgehead atoms. The van der Waals surface area contributed by atoms with Gasteiger partial charge in [0.05, 0.1) is 0 Å². The summed E-state index contributed by atoms with van der Waals surface area (Å²) in [5.74, 6) is -0.862. The van der Waals surface area contributed by atoms with E-state index in [1.165, 1.54) is 17.7 Å². The first-order chi connectivity index (χ1) is 10.1. The minimum atomic E-state index is -0.582. The Balaban J connectivity index is 1.87. The van der Waals surface area contributed by atoms with Crippen molar-refractivity contribution in [2.24, 2.45) is 0 Å². The summed E-state index contributed by atoms with van der Waals surface area (Å²) in [7, 11) is 0. The van der Waals surface area contributed by atoms with Crippen LogP contribution in [0.2, 0.25) is 0 Å². The van der Waals surface area contributed by atoms with E-state index in [1.54, 1.807) is 4.90 Å². The molecule has 0 amide bonds. The molecular weight excluding hydrogens is 270 g/mol. The van der Waals surface area contributed by atoms with Gasteiger partial charge in [-0.15, -0.1) is 0 Å². The van der Waals surface area contributed by atoms with E-state index in [2.05, 4.69) is 12.1 Å². The molecule has 4 heteroatoms. The fraction of sp³-hybridized carbons (Fsp3) is 0.294. The van der Waals surface area contributed by atoms with E-state index < -0.39 is 11.6 Å². The number of nitrogens with two attached hydrogens (primary N) is 1. The number of hydrogen-bond donors (Lipinski definition) is 1. The average molecular weight is 288 g/mol. The maximum Gasteiger partial charge on any atom is 0.151 e. The molecule has 1 aliphatic rings. The molecule has 0 spiro atoms. The van der Waals surface area contributed by atoms with Crippen molar-refractivity contribution < 1.29 is 8.78 Å². The van der Waals surface area contributed by atoms with Gasteiger partial charge in [0.25, 0.3) is 0 Å². The summed E-state index contributed by atoms with van der Waals surface area (Å²) < 4.78 is 28.1. The molecule has 110 valence electrons. The average Bonchev–Trinajstić information content (AvgIpc) is 2.47. The maximum absolute atomic E-state index is 14.1. The number of benzene rings is 2. The molecule has 3 rings (SSSR count). The van der Waals surface area contributed by atoms with Crippen molar-refractivity contribution in [2.45, 2.75) is 18.8 Å². The van der Waals surface area contributed by atoms with E-state index in [-0.39, 0.29) is 11.4 Å². The second-order valence-corrected chi connectivity index (χ2v) is 5.53. The van der Waals surface area contributed by atoms with Gasteiger partial charge in [-0.25, -0.2) is 8.78 Å². The van der Waals surface area contributed by atoms with Crippen LogP contribution < -0.4 is 10.6 Å². The predicted molar refractivity (Wildman–Crippen MR) is 81.4 cm³/mol. The number of hydrogen-bond acceptors (Lipinski definition) is 2. The van der Waals surface area contributed by atoms with Crippen LogP contribution in [0.1, 0.15) is 24.3 Å². The molecule has 0 unspecified atom stereocenters. The third-order valence-electron chi connectivity index (χ3n) is 4.05. The van der Waals surface area contributed by atoms with E-state index in [0.29, 0.717) is 19.0 Å². The molecule has 2 nitrogen and oxygen atoms in total. The fourth-order valence-corrected chi connectivity index (χ4v) is 3.06. The van der Waals surface area contributed by atoms with Crippen LogP contribution >= 0.6 is 0 Å². The summed E-state index contributed by atoms with van der Waals surface area (Å²) in [6.45, 7) is 1.29. The van der Waals surface area contributed by atoms with Crippen LogP contribution in [0, 0.1) is 11.6 Å². The van der Waals surface area contributed by atoms with Crippen LogP contribution in [0.25, 0.3) is 0 Å². The van der Waals surface area contributed by atoms with Gasteiger partial charge >= 0.3 is 0 Å². The van der Waals surface area contributed by atoms with Crippen LogP contribution in [-0.2, 0) is 0 Å². The van der Waals surface area contributed by atoms with Crippen LogP contribution in [-0.4, -0.2) is 13.1 Å². The van der Waals surface area contributed by atoms with Gasteiger partial charge in [-0.2, -0.15) is 0 Å². The number of rotatable bonds is 2. The van der Waals surface area contributed by atoms with Gasteiger partial charge in [-0.05, 0) is 30.5 Å². The highest BCUT2D eigenvalue weighted by Crippen LogP contribution is 2.33. The smallest absolute Gasteiger partial charge is 0.151 e. The van der Waals surface area contributed by atoms with Crippen molar-refractivity contribution in [3.8, 4) is 0 Å². The summed E-state index contributed by atoms with van der Waals surface area (Å²) in [6.07, 6.45) is 1.96. The molecule has 0 aliphatic carbocycles. The first kappa shape index (κ1) is 13.9. The minimum absolute atomic E-state index is 0.0461. The van der Waals surface area contributed by atoms with Crippen molar-refractivity contribution in [2.75, 3.05) is 23.7 Å². The highest BCUT2D eigenvalue weighted by molar-refractivity contribution is 5.56. The van der Waals surface area contributed by atoms with Crippen molar-refractivity contribution in [1.82, 2.24) is 0 Å². The van der Waals surface area contributed by atoms with Crippen LogP contribution in [0.15, 0.2) is 42.5 Å². The monoisotopic (exact) mass is 288 g/mol. The summed E-state index contributed by atoms with van der Waals surface area (Å²) in [5, 5.41) is 0. The van der Waals surface area contributed by atoms with Gasteiger partial charge in [-0.3, -0.25) is 0 Å². The quantitative estimate of drug-likeness (QED) is 0.848. The lowest BCUT2D eigenvalue weighted by Gasteiger charge is -2.35. The summed E-state index contributed by atoms with van der Waals surface area (Å²) in [4.78, 5) is 1.80. The number of nitrogens with zero attached hydrogens (tertiary/aromatic N) is 1. The molecule has 2 aromatic rings. The molecule has 0 radical (unpaired) electrons. The van der Waals surface area contributed by atoms with Gasteiger partial charge in [0.1, 0.15) is 5.69 Å². The molecule has 1 fully saturated rings. The second-order valence-electron chi connectivity index (χ2n) is 5.53. The van der Waals surface area contributed by atoms with Gasteiger partial charge < -0.3 is 10.6 Å². The Bertz CT molecular complexity index is 605. The number of piperidine rings is 1. The molecule has 21 heavy (non-hydrogen) atoms. The summed E-state index contributed by atoms with van der Waals surface area (Å²) >= 11 is 0. The zero-order valence-electron chi connectivity index (χ0n) is 11.7. The molecule has 2 aromatic carbocycles. The van der Waals surface area contributed by atoms with Gasteiger partial charge in [0, 0.05) is 24.7 Å². The number of anilines is 2. The molecule has 1 atom stereocenters. The molecule has 1 aliphatic heterocycles. The van der Waals surface area contributed by atoms with Crippen LogP contribution in [0.3, 0.4) is 0 Å². The lowest BCUT2D eigenvalue weighted by molar-refractivity contribution is 0.489. The highest BCUT2D eigenvalue weighted by atomic mass is 19.1. The molecule has 0 aromatic heterocycles. The van der Waals surface area contributed by atoms with E-state index in [0.717, 1.165) is 12.8 Å². The Morgan fingerprint density at radius 2 is 1.71 bits per heavy atom. The minimum Gasteiger partial charge on any atom is -0.399 e. The van der Waals surface area contributed by atoms with Crippen LogP contribution in [0.5, 0.6) is 0 Å². The number of nitrogen functional groups attached to an aromatic ring is 1. The van der Waals surface area contributed by atoms with E-state index >= 15 is 0 Å². The lowest BCUT2D eigenvalue weighted by atomic mass is 9.90. The van der Waals surface area contributed by atoms with Crippen molar-refractivity contribution in [1.29, 1.82) is 0 Å². The predicted octanol–water partition coefficient (Wildman–Crippen LogP) is 3.93. The third-order valence-corrected chi connectivity index (χ3v) is 4.05. The van der Waals surface area contributed by atoms with Crippen molar-refractivity contribution in [3.05, 3.63) is 59.7 Å². The highest BCUT2D eigenvalue weighted by Gasteiger charge is 2.25. The van der Waals surface area contributed by atoms with Gasteiger partial charge in [0.2, 0.25) is 0 Å². The number of halogens is 2. The molecular formula is C17H18F2N2. The van der Waals surface area contributed by atoms with Crippen molar-refractivity contribution >= 4 is 11.4 Å². The lowest BCUT2D eigenvalue weighted by Crippen LogP contribution is -2.35. The fourth-order valence-electron chi connectivity index (χ4n) is 3.06. The van der Waals surface area contributed by atoms with E-state index in [1.807, 2.05) is 18.2 Å². The van der Waals surface area contributed by atoms with E-state index in [4.69, 9.17) is 5.73 Å². The first-order valence-corrected chi connectivity index (χ1v) is 7.19. The summed E-state index contributed by atoms with van der Waals surface area (Å²) in [6, 6.07) is 12.5. The molecule has 1 heterocycles. The van der Waals surface area contributed by atoms with E-state index in [9.17, 15) is 8.78 Å². The largest absolute Gasteiger partial charge is 0.399 e. The maximum atomic E-state index is 14.1. The zero-order valence-corrected chi connectivity index (χ0v) is 11.7. The van der Waals surface area contributed by atoms with Gasteiger partial charge in [0.15, 0.2) is 11.6 Å². The Morgan fingerprint density at radius 3 is 2.38 bits per heavy atom. The third kappa shape index (κ3) is 2.84. The second kappa shape index (κ2) is 5.72. The Morgan fingerprint density at radius 1 is 1.05 bits per heavy atom. The first-order valence-electron chi connectivity index (χ1n) is 7.19. The van der Waals surface area contributed by atoms with Crippen molar-refractivity contribution in [3.63, 3.8) is 0 Å². The zero-order chi connectivity index (χ0) is 14.8. The molecule has 2 N–H and O–H groups in total. The Hall–Kier alpha value is -2.10. The molecule has 0 saturated carbocycles. The molecule has 1 saturated heterocycles. The summed E-state index contributed by atoms with van der Waals surface area (Å²) in [5.41, 5.74) is 6.86. The topological polar surface area (TPSA) is 29.3 Å². The SMILES string of the molecule is Nc1cc(F)c(N2CCC[C@H](c3ccccc3)C2)c(F)c1. The standard InChI is InChI=1S/C17H18F2N2/c18-15-9-14(20)10-16(19)17(15)21-8-4-7-13(11-21)12-5-2-1-3-6-12/h1-3,5-6,9-10,13H,4,7-8,11,20H2/t13-/m0/s1. The van der Waals surface area contributed by atoms with Crippen LogP contribution in [0.4, 0.5) is 20.2 Å².